The molecule has 3 saturated heterocycles. The maximum atomic E-state index is 15.4. The molecule has 0 bridgehead atoms. The normalized spacial score (nSPS) is 20.3. The number of alkyl halides is 6. The van der Waals surface area contributed by atoms with E-state index in [1.807, 2.05) is 0 Å². The molecule has 0 saturated carbocycles. The first kappa shape index (κ1) is 35.3. The van der Waals surface area contributed by atoms with Crippen LogP contribution in [0.1, 0.15) is 57.8 Å². The first-order valence-electron chi connectivity index (χ1n) is 13.3. The van der Waals surface area contributed by atoms with Crippen LogP contribution in [0.25, 0.3) is 0 Å². The van der Waals surface area contributed by atoms with Crippen LogP contribution in [0.4, 0.5) is 26.3 Å². The Morgan fingerprint density at radius 1 is 0.419 bits per heavy atom. The largest absolute Gasteiger partial charge is 0.397 e. The van der Waals surface area contributed by atoms with Crippen LogP contribution in [0.15, 0.2) is 0 Å². The van der Waals surface area contributed by atoms with E-state index < -0.39 is 106 Å². The molecule has 0 aliphatic carbocycles. The van der Waals surface area contributed by atoms with E-state index in [4.69, 9.17) is 0 Å². The van der Waals surface area contributed by atoms with Crippen LogP contribution in [-0.4, -0.2) is 113 Å². The predicted octanol–water partition coefficient (Wildman–Crippen LogP) is 1.49. The maximum absolute atomic E-state index is 15.4. The van der Waals surface area contributed by atoms with Crippen molar-refractivity contribution in [3.63, 3.8) is 0 Å². The van der Waals surface area contributed by atoms with Crippen molar-refractivity contribution in [3.05, 3.63) is 3.91 Å². The average molecular weight is 691 g/mol. The number of halogens is 6. The van der Waals surface area contributed by atoms with Crippen molar-refractivity contribution in [1.82, 2.24) is 14.7 Å². The Morgan fingerprint density at radius 2 is 0.605 bits per heavy atom. The third kappa shape index (κ3) is 6.08. The highest BCUT2D eigenvalue weighted by atomic mass is 32.3. The van der Waals surface area contributed by atoms with Gasteiger partial charge in [-0.15, -0.1) is 0 Å². The Bertz CT molecular complexity index is 1250. The Balaban J connectivity index is 2.23. The number of hydrogen-bond acceptors (Lipinski definition) is 9. The van der Waals surface area contributed by atoms with E-state index in [9.17, 15) is 39.6 Å². The van der Waals surface area contributed by atoms with Crippen molar-refractivity contribution < 1.29 is 66.0 Å². The third-order valence-corrected chi connectivity index (χ3v) is 15.2. The number of sulfone groups is 3. The van der Waals surface area contributed by atoms with Gasteiger partial charge < -0.3 is 14.7 Å². The van der Waals surface area contributed by atoms with Gasteiger partial charge in [-0.1, -0.05) is 0 Å². The van der Waals surface area contributed by atoms with Crippen molar-refractivity contribution in [3.8, 4) is 0 Å². The van der Waals surface area contributed by atoms with Gasteiger partial charge in [0.05, 0.1) is 3.91 Å². The molecule has 3 fully saturated rings. The minimum absolute atomic E-state index is 0.0415. The van der Waals surface area contributed by atoms with Crippen molar-refractivity contribution in [2.24, 2.45) is 0 Å². The monoisotopic (exact) mass is 690 g/mol. The molecule has 12 nitrogen and oxygen atoms in total. The summed E-state index contributed by atoms with van der Waals surface area (Å²) in [6.45, 7) is -3.21. The number of likely N-dealkylation sites (tertiary alicyclic amines) is 3. The van der Waals surface area contributed by atoms with Crippen LogP contribution >= 0.6 is 0 Å². The van der Waals surface area contributed by atoms with Crippen LogP contribution in [0, 0.1) is 3.91 Å². The number of hydrogen-bond donors (Lipinski definition) is 0. The van der Waals surface area contributed by atoms with Crippen molar-refractivity contribution in [1.29, 1.82) is 0 Å². The zero-order valence-corrected chi connectivity index (χ0v) is 25.1. The van der Waals surface area contributed by atoms with Crippen molar-refractivity contribution in [2.75, 3.05) is 39.3 Å². The highest BCUT2D eigenvalue weighted by molar-refractivity contribution is 8.30. The van der Waals surface area contributed by atoms with Gasteiger partial charge >= 0.3 is 33.5 Å². The van der Waals surface area contributed by atoms with E-state index in [0.29, 0.717) is 19.3 Å². The second-order valence-corrected chi connectivity index (χ2v) is 16.9. The summed E-state index contributed by atoms with van der Waals surface area (Å²) < 4.78 is 167. The van der Waals surface area contributed by atoms with E-state index in [0.717, 1.165) is 0 Å². The molecule has 248 valence electrons. The molecule has 3 amide bonds. The lowest BCUT2D eigenvalue weighted by atomic mass is 10.1. The summed E-state index contributed by atoms with van der Waals surface area (Å²) in [7, 11) is -23.5. The lowest BCUT2D eigenvalue weighted by molar-refractivity contribution is -0.148. The molecule has 0 aromatic carbocycles. The summed E-state index contributed by atoms with van der Waals surface area (Å²) in [5.74, 6) is -8.27. The Labute approximate surface area is 244 Å². The molecule has 43 heavy (non-hydrogen) atoms. The Kier molecular flexibility index (Phi) is 10.1. The molecular weight excluding hydrogens is 660 g/mol. The molecular formula is C22H30F6N3O9S3-. The number of amides is 3. The first-order valence-corrected chi connectivity index (χ1v) is 17.7. The van der Waals surface area contributed by atoms with Gasteiger partial charge in [-0.25, -0.2) is 0 Å². The smallest absolute Gasteiger partial charge is 0.337 e. The molecule has 21 heteroatoms. The summed E-state index contributed by atoms with van der Waals surface area (Å²) in [5, 5.41) is -18.6. The number of carbonyl (C=O) groups is 3. The first-order chi connectivity index (χ1) is 19.7. The summed E-state index contributed by atoms with van der Waals surface area (Å²) in [6.07, 6.45) is 1.41. The third-order valence-electron chi connectivity index (χ3n) is 7.35. The molecule has 0 spiro atoms. The van der Waals surface area contributed by atoms with Crippen LogP contribution in [0.2, 0.25) is 0 Å². The second-order valence-electron chi connectivity index (χ2n) is 10.4. The SMILES string of the molecule is O=C(N1CCCCC1)C(F)(F)S(=O)(=O)[C-](S(=O)(=O)C(F)(F)C(=O)N1CCCCC1)S(=O)(=O)C(F)(F)C(=O)N1CCCCC1. The summed E-state index contributed by atoms with van der Waals surface area (Å²) in [6, 6.07) is 0. The van der Waals surface area contributed by atoms with Gasteiger partial charge in [-0.2, -0.15) is 26.3 Å². The fourth-order valence-electron chi connectivity index (χ4n) is 4.94. The van der Waals surface area contributed by atoms with Gasteiger partial charge in [0.15, 0.2) is 0 Å². The molecule has 0 aromatic heterocycles. The second kappa shape index (κ2) is 12.3. The van der Waals surface area contributed by atoms with E-state index in [1.54, 1.807) is 0 Å². The van der Waals surface area contributed by atoms with Gasteiger partial charge in [-0.05, 0) is 57.8 Å². The van der Waals surface area contributed by atoms with Gasteiger partial charge in [0.1, 0.15) is 29.5 Å². The zero-order valence-electron chi connectivity index (χ0n) is 22.6. The highest BCUT2D eigenvalue weighted by Gasteiger charge is 2.68. The predicted molar refractivity (Wildman–Crippen MR) is 136 cm³/mol. The molecule has 3 rings (SSSR count). The van der Waals surface area contributed by atoms with Crippen LogP contribution in [0.5, 0.6) is 0 Å². The number of piperidine rings is 3. The van der Waals surface area contributed by atoms with Crippen molar-refractivity contribution in [2.45, 2.75) is 73.6 Å². The highest BCUT2D eigenvalue weighted by Crippen LogP contribution is 2.48. The fourth-order valence-corrected chi connectivity index (χ4v) is 12.0. The zero-order chi connectivity index (χ0) is 32.6. The summed E-state index contributed by atoms with van der Waals surface area (Å²) >= 11 is 0. The van der Waals surface area contributed by atoms with E-state index in [2.05, 4.69) is 0 Å². The van der Waals surface area contributed by atoms with Gasteiger partial charge in [0, 0.05) is 39.3 Å². The molecule has 0 aromatic rings. The van der Waals surface area contributed by atoms with Gasteiger partial charge in [0.25, 0.3) is 0 Å². The quantitative estimate of drug-likeness (QED) is 0.258. The average Bonchev–Trinajstić information content (AvgIpc) is 2.96. The molecule has 3 heterocycles. The van der Waals surface area contributed by atoms with Crippen LogP contribution in [0.3, 0.4) is 0 Å². The Hall–Kier alpha value is -2.16. The Morgan fingerprint density at radius 3 is 0.791 bits per heavy atom. The number of nitrogens with zero attached hydrogens (tertiary/aromatic N) is 3. The lowest BCUT2D eigenvalue weighted by Crippen LogP contribution is -2.60. The molecule has 0 radical (unpaired) electrons. The molecule has 3 aliphatic rings. The van der Waals surface area contributed by atoms with E-state index in [-0.39, 0.29) is 53.2 Å². The minimum Gasteiger partial charge on any atom is -0.337 e. The molecule has 0 N–H and O–H groups in total. The van der Waals surface area contributed by atoms with Crippen LogP contribution < -0.4 is 0 Å². The molecule has 3 aliphatic heterocycles. The lowest BCUT2D eigenvalue weighted by Gasteiger charge is -2.40. The number of rotatable bonds is 9. The van der Waals surface area contributed by atoms with E-state index in [1.165, 1.54) is 0 Å². The summed E-state index contributed by atoms with van der Waals surface area (Å²) in [5.41, 5.74) is 0. The van der Waals surface area contributed by atoms with Gasteiger partial charge in [-0.3, -0.25) is 39.6 Å². The van der Waals surface area contributed by atoms with Crippen LogP contribution in [-0.2, 0) is 43.9 Å². The summed E-state index contributed by atoms with van der Waals surface area (Å²) in [4.78, 5) is 38.2. The topological polar surface area (TPSA) is 163 Å². The standard InChI is InChI=1S/C22H30F6N3O9S3/c23-20(24,16(32)29-10-4-1-5-11-29)41(35,36)19(42(37,38)21(25,26)17(33)30-12-6-2-7-13-30)43(39,40)22(27,28)18(34)31-14-8-3-9-15-31/h1-15H2/q-1. The molecule has 0 atom stereocenters. The van der Waals surface area contributed by atoms with E-state index >= 15 is 26.3 Å². The number of carbonyl (C=O) groups excluding carboxylic acids is 3. The maximum Gasteiger partial charge on any atom is 0.397 e. The molecule has 0 unspecified atom stereocenters. The minimum atomic E-state index is -7.84. The van der Waals surface area contributed by atoms with Crippen molar-refractivity contribution >= 4 is 47.2 Å². The fraction of sp³-hybridized carbons (Fsp3) is 0.818. The van der Waals surface area contributed by atoms with Gasteiger partial charge in [0.2, 0.25) is 0 Å².